The van der Waals surface area contributed by atoms with Crippen molar-refractivity contribution in [3.05, 3.63) is 0 Å². The summed E-state index contributed by atoms with van der Waals surface area (Å²) in [5.41, 5.74) is 0. The number of likely N-dealkylation sites (N-methyl/N-ethyl adjacent to an activating group) is 1. The van der Waals surface area contributed by atoms with Crippen LogP contribution in [0.1, 0.15) is 0 Å². The minimum atomic E-state index is -0.527. The molecule has 1 heterocycles. The number of nitrogens with one attached hydrogen (secondary N) is 2. The summed E-state index contributed by atoms with van der Waals surface area (Å²) in [5.74, 6) is -0.289. The largest absolute Gasteiger partial charge is 0.383 e. The lowest BCUT2D eigenvalue weighted by Crippen LogP contribution is -2.57. The SMILES string of the molecule is CNC(=O)C1COCCN1C(=O)CNCCOC. The van der Waals surface area contributed by atoms with Crippen molar-refractivity contribution in [3.8, 4) is 0 Å². The minimum absolute atomic E-state index is 0.0944. The summed E-state index contributed by atoms with van der Waals surface area (Å²) in [6.07, 6.45) is 0. The first-order chi connectivity index (χ1) is 8.70. The number of hydrogen-bond donors (Lipinski definition) is 2. The van der Waals surface area contributed by atoms with E-state index in [4.69, 9.17) is 9.47 Å². The molecule has 0 aromatic heterocycles. The van der Waals surface area contributed by atoms with Gasteiger partial charge in [0.25, 0.3) is 0 Å². The number of methoxy groups -OCH3 is 1. The summed E-state index contributed by atoms with van der Waals surface area (Å²) < 4.78 is 10.1. The van der Waals surface area contributed by atoms with Crippen LogP contribution in [-0.2, 0) is 19.1 Å². The van der Waals surface area contributed by atoms with Gasteiger partial charge < -0.3 is 25.0 Å². The molecule has 104 valence electrons. The Hall–Kier alpha value is -1.18. The number of nitrogens with zero attached hydrogens (tertiary/aromatic N) is 1. The molecule has 0 aliphatic carbocycles. The number of carbonyl (C=O) groups excluding carboxylic acids is 2. The maximum absolute atomic E-state index is 12.0. The molecule has 1 atom stereocenters. The molecule has 18 heavy (non-hydrogen) atoms. The Labute approximate surface area is 107 Å². The second-order valence-electron chi connectivity index (χ2n) is 3.96. The van der Waals surface area contributed by atoms with E-state index >= 15 is 0 Å². The number of amides is 2. The maximum atomic E-state index is 12.0. The quantitative estimate of drug-likeness (QED) is 0.550. The van der Waals surface area contributed by atoms with Crippen LogP contribution in [0.15, 0.2) is 0 Å². The summed E-state index contributed by atoms with van der Waals surface area (Å²) in [6.45, 7) is 2.53. The minimum Gasteiger partial charge on any atom is -0.383 e. The van der Waals surface area contributed by atoms with E-state index in [1.807, 2.05) is 0 Å². The molecular weight excluding hydrogens is 238 g/mol. The van der Waals surface area contributed by atoms with Crippen molar-refractivity contribution in [2.24, 2.45) is 0 Å². The standard InChI is InChI=1S/C11H21N3O4/c1-12-11(16)9-8-18-6-4-14(9)10(15)7-13-3-5-17-2/h9,13H,3-8H2,1-2H3,(H,12,16). The van der Waals surface area contributed by atoms with Crippen LogP contribution >= 0.6 is 0 Å². The summed E-state index contributed by atoms with van der Waals surface area (Å²) in [5, 5.41) is 5.51. The molecule has 0 aromatic carbocycles. The van der Waals surface area contributed by atoms with Crippen molar-refractivity contribution >= 4 is 11.8 Å². The lowest BCUT2D eigenvalue weighted by atomic mass is 10.2. The summed E-state index contributed by atoms with van der Waals surface area (Å²) in [4.78, 5) is 25.2. The van der Waals surface area contributed by atoms with Gasteiger partial charge in [0.1, 0.15) is 6.04 Å². The lowest BCUT2D eigenvalue weighted by molar-refractivity contribution is -0.147. The van der Waals surface area contributed by atoms with Crippen molar-refractivity contribution in [2.45, 2.75) is 6.04 Å². The Morgan fingerprint density at radius 3 is 2.94 bits per heavy atom. The van der Waals surface area contributed by atoms with Gasteiger partial charge in [0, 0.05) is 27.2 Å². The Kier molecular flexibility index (Phi) is 6.63. The van der Waals surface area contributed by atoms with E-state index in [0.717, 1.165) is 0 Å². The van der Waals surface area contributed by atoms with Crippen molar-refractivity contribution in [3.63, 3.8) is 0 Å². The zero-order valence-electron chi connectivity index (χ0n) is 10.9. The van der Waals surface area contributed by atoms with Crippen molar-refractivity contribution in [1.82, 2.24) is 15.5 Å². The molecule has 7 nitrogen and oxygen atoms in total. The van der Waals surface area contributed by atoms with Gasteiger partial charge >= 0.3 is 0 Å². The number of ether oxygens (including phenoxy) is 2. The Morgan fingerprint density at radius 2 is 2.28 bits per heavy atom. The van der Waals surface area contributed by atoms with Crippen LogP contribution in [0.2, 0.25) is 0 Å². The van der Waals surface area contributed by atoms with Crippen LogP contribution < -0.4 is 10.6 Å². The first-order valence-corrected chi connectivity index (χ1v) is 5.99. The van der Waals surface area contributed by atoms with E-state index in [1.165, 1.54) is 0 Å². The van der Waals surface area contributed by atoms with Crippen LogP contribution in [0.4, 0.5) is 0 Å². The molecule has 1 aliphatic heterocycles. The van der Waals surface area contributed by atoms with E-state index in [2.05, 4.69) is 10.6 Å². The first-order valence-electron chi connectivity index (χ1n) is 5.99. The number of carbonyl (C=O) groups is 2. The first kappa shape index (κ1) is 14.9. The van der Waals surface area contributed by atoms with E-state index in [9.17, 15) is 9.59 Å². The highest BCUT2D eigenvalue weighted by Gasteiger charge is 2.31. The molecule has 0 saturated carbocycles. The molecule has 2 N–H and O–H groups in total. The fourth-order valence-corrected chi connectivity index (χ4v) is 1.76. The van der Waals surface area contributed by atoms with Gasteiger partial charge in [0.05, 0.1) is 26.4 Å². The predicted molar refractivity (Wildman–Crippen MR) is 65.1 cm³/mol. The Bertz CT molecular complexity index is 285. The normalized spacial score (nSPS) is 19.7. The molecule has 0 radical (unpaired) electrons. The molecule has 1 aliphatic rings. The average molecular weight is 259 g/mol. The van der Waals surface area contributed by atoms with Crippen LogP contribution in [0.5, 0.6) is 0 Å². The van der Waals surface area contributed by atoms with E-state index < -0.39 is 6.04 Å². The third kappa shape index (κ3) is 4.25. The van der Waals surface area contributed by atoms with E-state index in [0.29, 0.717) is 26.3 Å². The van der Waals surface area contributed by atoms with E-state index in [-0.39, 0.29) is 25.0 Å². The third-order valence-electron chi connectivity index (χ3n) is 2.76. The second kappa shape index (κ2) is 8.02. The van der Waals surface area contributed by atoms with Crippen LogP contribution in [-0.4, -0.2) is 76.4 Å². The highest BCUT2D eigenvalue weighted by Crippen LogP contribution is 2.07. The summed E-state index contributed by atoms with van der Waals surface area (Å²) in [7, 11) is 3.16. The van der Waals surface area contributed by atoms with Gasteiger partial charge in [0.15, 0.2) is 0 Å². The van der Waals surface area contributed by atoms with Crippen molar-refractivity contribution in [2.75, 3.05) is 53.6 Å². The molecule has 1 saturated heterocycles. The van der Waals surface area contributed by atoms with Gasteiger partial charge in [-0.2, -0.15) is 0 Å². The van der Waals surface area contributed by atoms with Gasteiger partial charge in [-0.25, -0.2) is 0 Å². The van der Waals surface area contributed by atoms with Crippen LogP contribution in [0.25, 0.3) is 0 Å². The van der Waals surface area contributed by atoms with Crippen molar-refractivity contribution in [1.29, 1.82) is 0 Å². The Balaban J connectivity index is 2.44. The zero-order valence-corrected chi connectivity index (χ0v) is 10.9. The molecule has 1 rings (SSSR count). The average Bonchev–Trinajstić information content (AvgIpc) is 2.42. The second-order valence-corrected chi connectivity index (χ2v) is 3.96. The van der Waals surface area contributed by atoms with Gasteiger partial charge in [-0.1, -0.05) is 0 Å². The number of morpholine rings is 1. The zero-order chi connectivity index (χ0) is 13.4. The van der Waals surface area contributed by atoms with Gasteiger partial charge in [0.2, 0.25) is 11.8 Å². The molecule has 0 aromatic rings. The van der Waals surface area contributed by atoms with Gasteiger partial charge in [-0.05, 0) is 0 Å². The lowest BCUT2D eigenvalue weighted by Gasteiger charge is -2.34. The monoisotopic (exact) mass is 259 g/mol. The highest BCUT2D eigenvalue weighted by molar-refractivity contribution is 5.88. The fourth-order valence-electron chi connectivity index (χ4n) is 1.76. The van der Waals surface area contributed by atoms with E-state index in [1.54, 1.807) is 19.1 Å². The summed E-state index contributed by atoms with van der Waals surface area (Å²) >= 11 is 0. The summed E-state index contributed by atoms with van der Waals surface area (Å²) in [6, 6.07) is -0.527. The van der Waals surface area contributed by atoms with Crippen LogP contribution in [0, 0.1) is 0 Å². The van der Waals surface area contributed by atoms with Crippen molar-refractivity contribution < 1.29 is 19.1 Å². The number of hydrogen-bond acceptors (Lipinski definition) is 5. The molecule has 0 bridgehead atoms. The number of rotatable bonds is 6. The molecular formula is C11H21N3O4. The van der Waals surface area contributed by atoms with Crippen LogP contribution in [0.3, 0.4) is 0 Å². The molecule has 0 spiro atoms. The predicted octanol–water partition coefficient (Wildman–Crippen LogP) is -1.80. The Morgan fingerprint density at radius 1 is 1.50 bits per heavy atom. The highest BCUT2D eigenvalue weighted by atomic mass is 16.5. The smallest absolute Gasteiger partial charge is 0.244 e. The topological polar surface area (TPSA) is 79.9 Å². The molecule has 2 amide bonds. The maximum Gasteiger partial charge on any atom is 0.244 e. The van der Waals surface area contributed by atoms with Gasteiger partial charge in [-0.3, -0.25) is 9.59 Å². The molecule has 1 fully saturated rings. The van der Waals surface area contributed by atoms with Gasteiger partial charge in [-0.15, -0.1) is 0 Å². The molecule has 1 unspecified atom stereocenters. The third-order valence-corrected chi connectivity index (χ3v) is 2.76. The fraction of sp³-hybridized carbons (Fsp3) is 0.818. The molecule has 7 heteroatoms.